The molecule has 106 valence electrons. The normalized spacial score (nSPS) is 12.4. The second-order valence-corrected chi connectivity index (χ2v) is 5.96. The average Bonchev–Trinajstić information content (AvgIpc) is 2.80. The first-order valence-corrected chi connectivity index (χ1v) is 7.60. The van der Waals surface area contributed by atoms with E-state index in [4.69, 9.17) is 9.83 Å². The SMILES string of the molecule is CCC(C)C(=N)Cc1nc(-c2ccc(Br)cc2)oc1C. The highest BCUT2D eigenvalue weighted by atomic mass is 79.9. The topological polar surface area (TPSA) is 49.9 Å². The molecule has 0 aliphatic heterocycles. The van der Waals surface area contributed by atoms with Crippen LogP contribution in [0.4, 0.5) is 0 Å². The van der Waals surface area contributed by atoms with Crippen LogP contribution in [0.3, 0.4) is 0 Å². The van der Waals surface area contributed by atoms with Gasteiger partial charge in [0.25, 0.3) is 0 Å². The molecular weight excluding hydrogens is 316 g/mol. The Hall–Kier alpha value is -1.42. The molecule has 0 amide bonds. The van der Waals surface area contributed by atoms with E-state index in [0.717, 1.165) is 27.9 Å². The van der Waals surface area contributed by atoms with E-state index in [9.17, 15) is 0 Å². The Labute approximate surface area is 128 Å². The van der Waals surface area contributed by atoms with E-state index in [0.29, 0.717) is 23.9 Å². The largest absolute Gasteiger partial charge is 0.441 e. The van der Waals surface area contributed by atoms with Crippen molar-refractivity contribution >= 4 is 21.6 Å². The van der Waals surface area contributed by atoms with Crippen LogP contribution in [0.1, 0.15) is 31.7 Å². The van der Waals surface area contributed by atoms with Gasteiger partial charge in [-0.1, -0.05) is 29.8 Å². The monoisotopic (exact) mass is 334 g/mol. The molecule has 1 aromatic carbocycles. The molecule has 4 heteroatoms. The number of hydrogen-bond donors (Lipinski definition) is 1. The summed E-state index contributed by atoms with van der Waals surface area (Å²) in [5.41, 5.74) is 2.54. The second-order valence-electron chi connectivity index (χ2n) is 5.04. The lowest BCUT2D eigenvalue weighted by molar-refractivity contribution is 0.540. The predicted molar refractivity (Wildman–Crippen MR) is 85.3 cm³/mol. The molecule has 1 aromatic heterocycles. The summed E-state index contributed by atoms with van der Waals surface area (Å²) in [5, 5.41) is 8.08. The molecule has 0 spiro atoms. The fourth-order valence-electron chi connectivity index (χ4n) is 1.91. The lowest BCUT2D eigenvalue weighted by Gasteiger charge is -2.08. The van der Waals surface area contributed by atoms with Crippen LogP contribution in [0.15, 0.2) is 33.2 Å². The number of aromatic nitrogens is 1. The van der Waals surface area contributed by atoms with Gasteiger partial charge in [0.05, 0.1) is 5.69 Å². The molecule has 20 heavy (non-hydrogen) atoms. The summed E-state index contributed by atoms with van der Waals surface area (Å²) in [6, 6.07) is 7.88. The zero-order chi connectivity index (χ0) is 14.7. The minimum atomic E-state index is 0.294. The summed E-state index contributed by atoms with van der Waals surface area (Å²) in [6.07, 6.45) is 1.55. The number of oxazole rings is 1. The number of hydrogen-bond acceptors (Lipinski definition) is 3. The molecule has 0 aliphatic rings. The van der Waals surface area contributed by atoms with Crippen LogP contribution in [0, 0.1) is 18.3 Å². The highest BCUT2D eigenvalue weighted by molar-refractivity contribution is 9.10. The number of aryl methyl sites for hydroxylation is 1. The maximum absolute atomic E-state index is 8.08. The molecule has 2 rings (SSSR count). The fourth-order valence-corrected chi connectivity index (χ4v) is 2.17. The molecule has 3 nitrogen and oxygen atoms in total. The zero-order valence-electron chi connectivity index (χ0n) is 12.0. The third kappa shape index (κ3) is 3.37. The Morgan fingerprint density at radius 3 is 2.60 bits per heavy atom. The Kier molecular flexibility index (Phi) is 4.76. The fraction of sp³-hybridized carbons (Fsp3) is 0.375. The maximum Gasteiger partial charge on any atom is 0.226 e. The van der Waals surface area contributed by atoms with Gasteiger partial charge >= 0.3 is 0 Å². The Morgan fingerprint density at radius 1 is 1.35 bits per heavy atom. The summed E-state index contributed by atoms with van der Waals surface area (Å²) in [6.45, 7) is 6.09. The van der Waals surface area contributed by atoms with Crippen molar-refractivity contribution in [1.82, 2.24) is 4.98 Å². The van der Waals surface area contributed by atoms with Gasteiger partial charge in [-0.15, -0.1) is 0 Å². The van der Waals surface area contributed by atoms with E-state index < -0.39 is 0 Å². The van der Waals surface area contributed by atoms with Crippen molar-refractivity contribution in [2.75, 3.05) is 0 Å². The van der Waals surface area contributed by atoms with Crippen molar-refractivity contribution in [2.24, 2.45) is 5.92 Å². The first-order chi connectivity index (χ1) is 9.51. The summed E-state index contributed by atoms with van der Waals surface area (Å²) >= 11 is 3.42. The summed E-state index contributed by atoms with van der Waals surface area (Å²) in [4.78, 5) is 4.54. The van der Waals surface area contributed by atoms with Gasteiger partial charge < -0.3 is 9.83 Å². The quantitative estimate of drug-likeness (QED) is 0.780. The molecule has 1 N–H and O–H groups in total. The Morgan fingerprint density at radius 2 is 2.00 bits per heavy atom. The molecule has 0 saturated carbocycles. The summed E-state index contributed by atoms with van der Waals surface area (Å²) in [7, 11) is 0. The van der Waals surface area contributed by atoms with Gasteiger partial charge in [0.15, 0.2) is 0 Å². The first kappa shape index (κ1) is 15.0. The third-order valence-corrected chi connectivity index (χ3v) is 4.08. The second kappa shape index (κ2) is 6.35. The lowest BCUT2D eigenvalue weighted by atomic mass is 9.99. The van der Waals surface area contributed by atoms with Crippen molar-refractivity contribution in [2.45, 2.75) is 33.6 Å². The van der Waals surface area contributed by atoms with Crippen molar-refractivity contribution in [3.63, 3.8) is 0 Å². The number of nitrogens with zero attached hydrogens (tertiary/aromatic N) is 1. The lowest BCUT2D eigenvalue weighted by Crippen LogP contribution is -2.12. The average molecular weight is 335 g/mol. The number of rotatable bonds is 5. The van der Waals surface area contributed by atoms with Crippen LogP contribution in [0.2, 0.25) is 0 Å². The van der Waals surface area contributed by atoms with Crippen LogP contribution >= 0.6 is 15.9 Å². The molecular formula is C16H19BrN2O. The van der Waals surface area contributed by atoms with Crippen LogP contribution in [0.5, 0.6) is 0 Å². The molecule has 0 aliphatic carbocycles. The van der Waals surface area contributed by atoms with Crippen molar-refractivity contribution in [1.29, 1.82) is 5.41 Å². The Bertz CT molecular complexity index is 601. The van der Waals surface area contributed by atoms with Crippen LogP contribution in [0.25, 0.3) is 11.5 Å². The van der Waals surface area contributed by atoms with Gasteiger partial charge in [-0.3, -0.25) is 0 Å². The summed E-state index contributed by atoms with van der Waals surface area (Å²) < 4.78 is 6.76. The van der Waals surface area contributed by atoms with E-state index in [1.54, 1.807) is 0 Å². The molecule has 1 atom stereocenters. The van der Waals surface area contributed by atoms with Gasteiger partial charge in [-0.05, 0) is 43.5 Å². The predicted octanol–water partition coefficient (Wildman–Crippen LogP) is 5.02. The van der Waals surface area contributed by atoms with E-state index in [1.165, 1.54) is 0 Å². The number of nitrogens with one attached hydrogen (secondary N) is 1. The Balaban J connectivity index is 2.21. The molecule has 0 fully saturated rings. The van der Waals surface area contributed by atoms with Crippen LogP contribution < -0.4 is 0 Å². The van der Waals surface area contributed by atoms with Gasteiger partial charge in [-0.2, -0.15) is 0 Å². The van der Waals surface area contributed by atoms with E-state index in [1.807, 2.05) is 31.2 Å². The molecule has 2 aromatic rings. The standard InChI is InChI=1S/C16H19BrN2O/c1-4-10(2)14(18)9-15-11(3)20-16(19-15)12-5-7-13(17)8-6-12/h5-8,10,18H,4,9H2,1-3H3. The molecule has 0 saturated heterocycles. The summed E-state index contributed by atoms with van der Waals surface area (Å²) in [5.74, 6) is 1.72. The van der Waals surface area contributed by atoms with E-state index >= 15 is 0 Å². The number of halogens is 1. The van der Waals surface area contributed by atoms with Crippen LogP contribution in [-0.4, -0.2) is 10.7 Å². The van der Waals surface area contributed by atoms with Gasteiger partial charge in [0.2, 0.25) is 5.89 Å². The minimum Gasteiger partial charge on any atom is -0.441 e. The smallest absolute Gasteiger partial charge is 0.226 e. The van der Waals surface area contributed by atoms with Crippen molar-refractivity contribution in [3.8, 4) is 11.5 Å². The van der Waals surface area contributed by atoms with Crippen LogP contribution in [-0.2, 0) is 6.42 Å². The molecule has 1 heterocycles. The van der Waals surface area contributed by atoms with E-state index in [2.05, 4.69) is 34.8 Å². The van der Waals surface area contributed by atoms with Crippen molar-refractivity contribution < 1.29 is 4.42 Å². The highest BCUT2D eigenvalue weighted by Gasteiger charge is 2.15. The third-order valence-electron chi connectivity index (χ3n) is 3.55. The zero-order valence-corrected chi connectivity index (χ0v) is 13.6. The first-order valence-electron chi connectivity index (χ1n) is 6.80. The minimum absolute atomic E-state index is 0.294. The maximum atomic E-state index is 8.08. The van der Waals surface area contributed by atoms with Crippen molar-refractivity contribution in [3.05, 3.63) is 40.2 Å². The van der Waals surface area contributed by atoms with Gasteiger partial charge in [0.1, 0.15) is 5.76 Å². The molecule has 1 unspecified atom stereocenters. The molecule has 0 radical (unpaired) electrons. The van der Waals surface area contributed by atoms with E-state index in [-0.39, 0.29) is 0 Å². The molecule has 0 bridgehead atoms. The highest BCUT2D eigenvalue weighted by Crippen LogP contribution is 2.24. The number of benzene rings is 1. The van der Waals surface area contributed by atoms with Gasteiger partial charge in [0, 0.05) is 22.2 Å². The van der Waals surface area contributed by atoms with Gasteiger partial charge in [-0.25, -0.2) is 4.98 Å².